The van der Waals surface area contributed by atoms with Gasteiger partial charge in [-0.1, -0.05) is 0 Å². The molecule has 7 heavy (non-hydrogen) atoms. The maximum Gasteiger partial charge on any atom is 0.332 e. The van der Waals surface area contributed by atoms with E-state index in [2.05, 4.69) is 13.2 Å². The fourth-order valence-corrected chi connectivity index (χ4v) is 0. The molecule has 0 unspecified atom stereocenters. The highest BCUT2D eigenvalue weighted by Gasteiger charge is 1.88. The lowest BCUT2D eigenvalue weighted by Crippen LogP contribution is -1.85. The molecule has 0 atom stereocenters. The van der Waals surface area contributed by atoms with Crippen molar-refractivity contribution in [1.82, 2.24) is 0 Å². The fourth-order valence-electron chi connectivity index (χ4n) is 0. The highest BCUT2D eigenvalue weighted by Crippen LogP contribution is 1.69. The molecule has 0 N–H and O–H groups in total. The molecular formula is C4H6F2O. The summed E-state index contributed by atoms with van der Waals surface area (Å²) in [6.45, 7) is 4.50. The van der Waals surface area contributed by atoms with Crippen molar-refractivity contribution in [3.05, 3.63) is 13.2 Å². The smallest absolute Gasteiger partial charge is 0.258 e. The van der Waals surface area contributed by atoms with Crippen molar-refractivity contribution in [1.29, 1.82) is 0 Å². The van der Waals surface area contributed by atoms with Crippen LogP contribution in [0.5, 0.6) is 0 Å². The second-order valence-electron chi connectivity index (χ2n) is 0.489. The van der Waals surface area contributed by atoms with E-state index in [4.69, 9.17) is 4.79 Å². The van der Waals surface area contributed by atoms with E-state index in [0.717, 1.165) is 0 Å². The van der Waals surface area contributed by atoms with E-state index in [9.17, 15) is 8.78 Å². The summed E-state index contributed by atoms with van der Waals surface area (Å²) >= 11 is 0. The van der Waals surface area contributed by atoms with Gasteiger partial charge >= 0.3 is 6.04 Å². The summed E-state index contributed by atoms with van der Waals surface area (Å²) in [4.78, 5) is 8.77. The maximum atomic E-state index is 10.4. The van der Waals surface area contributed by atoms with E-state index in [1.807, 2.05) is 0 Å². The highest BCUT2D eigenvalue weighted by atomic mass is 19.2. The third kappa shape index (κ3) is 34.9. The predicted octanol–water partition coefficient (Wildman–Crippen LogP) is 1.25. The van der Waals surface area contributed by atoms with E-state index in [-0.39, 0.29) is 0 Å². The van der Waals surface area contributed by atoms with Crippen LogP contribution in [0.25, 0.3) is 0 Å². The van der Waals surface area contributed by atoms with Gasteiger partial charge in [0.05, 0.1) is 0 Å². The van der Waals surface area contributed by atoms with Crippen LogP contribution in [0.1, 0.15) is 0 Å². The first-order valence-electron chi connectivity index (χ1n) is 1.51. The Bertz CT molecular complexity index is 53.7. The summed E-state index contributed by atoms with van der Waals surface area (Å²) in [5, 5.41) is 0. The second kappa shape index (κ2) is 8.99. The SMILES string of the molecule is C=C.O=C(F)CF. The topological polar surface area (TPSA) is 17.1 Å². The molecule has 0 fully saturated rings. The van der Waals surface area contributed by atoms with Gasteiger partial charge in [0.1, 0.15) is 0 Å². The van der Waals surface area contributed by atoms with Crippen molar-refractivity contribution in [2.75, 3.05) is 6.67 Å². The lowest BCUT2D eigenvalue weighted by molar-refractivity contribution is -0.130. The molecule has 0 aliphatic rings. The summed E-state index contributed by atoms with van der Waals surface area (Å²) in [5.74, 6) is 0. The molecule has 0 saturated carbocycles. The van der Waals surface area contributed by atoms with Crippen LogP contribution in [0, 0.1) is 0 Å². The average molecular weight is 108 g/mol. The molecule has 0 radical (unpaired) electrons. The number of rotatable bonds is 1. The minimum Gasteiger partial charge on any atom is -0.258 e. The number of carbonyl (C=O) groups is 1. The van der Waals surface area contributed by atoms with Gasteiger partial charge in [0, 0.05) is 0 Å². The first-order valence-corrected chi connectivity index (χ1v) is 1.51. The molecule has 1 nitrogen and oxygen atoms in total. The zero-order chi connectivity index (χ0) is 6.28. The average Bonchev–Trinajstić information content (AvgIpc) is 1.73. The van der Waals surface area contributed by atoms with Crippen LogP contribution in [0.3, 0.4) is 0 Å². The number of hydrogen-bond acceptors (Lipinski definition) is 1. The molecule has 0 amide bonds. The fraction of sp³-hybridized carbons (Fsp3) is 0.250. The minimum absolute atomic E-state index is 1.50. The number of alkyl halides is 1. The van der Waals surface area contributed by atoms with Crippen LogP contribution >= 0.6 is 0 Å². The van der Waals surface area contributed by atoms with E-state index < -0.39 is 12.7 Å². The van der Waals surface area contributed by atoms with E-state index >= 15 is 0 Å². The van der Waals surface area contributed by atoms with E-state index in [0.29, 0.717) is 0 Å². The first-order chi connectivity index (χ1) is 3.27. The minimum atomic E-state index is -1.91. The molecule has 0 saturated heterocycles. The second-order valence-corrected chi connectivity index (χ2v) is 0.489. The molecule has 0 aliphatic carbocycles. The number of halogens is 2. The van der Waals surface area contributed by atoms with Gasteiger partial charge < -0.3 is 0 Å². The number of carbonyl (C=O) groups excluding carboxylic acids is 1. The van der Waals surface area contributed by atoms with Gasteiger partial charge in [0.25, 0.3) is 0 Å². The number of hydrogen-bond donors (Lipinski definition) is 0. The largest absolute Gasteiger partial charge is 0.332 e. The molecule has 0 aromatic rings. The zero-order valence-electron chi connectivity index (χ0n) is 3.79. The Hall–Kier alpha value is -0.730. The molecular weight excluding hydrogens is 102 g/mol. The van der Waals surface area contributed by atoms with Gasteiger partial charge in [-0.2, -0.15) is 4.39 Å². The third-order valence-corrected chi connectivity index (χ3v) is 0.105. The molecule has 0 aromatic heterocycles. The Kier molecular flexibility index (Phi) is 12.3. The van der Waals surface area contributed by atoms with Gasteiger partial charge in [0.2, 0.25) is 0 Å². The zero-order valence-corrected chi connectivity index (χ0v) is 3.79. The van der Waals surface area contributed by atoms with Crippen molar-refractivity contribution < 1.29 is 13.6 Å². The van der Waals surface area contributed by atoms with Crippen LogP contribution in [-0.4, -0.2) is 12.7 Å². The molecule has 0 bridgehead atoms. The quantitative estimate of drug-likeness (QED) is 0.365. The Morgan fingerprint density at radius 2 is 1.71 bits per heavy atom. The van der Waals surface area contributed by atoms with Gasteiger partial charge in [-0.05, 0) is 0 Å². The summed E-state index contributed by atoms with van der Waals surface area (Å²) in [6, 6.07) is -1.91. The molecule has 0 spiro atoms. The Labute approximate surface area is 40.6 Å². The van der Waals surface area contributed by atoms with Gasteiger partial charge in [-0.3, -0.25) is 4.79 Å². The molecule has 0 aromatic carbocycles. The molecule has 0 aliphatic heterocycles. The Morgan fingerprint density at radius 1 is 1.57 bits per heavy atom. The van der Waals surface area contributed by atoms with Crippen molar-refractivity contribution in [3.8, 4) is 0 Å². The van der Waals surface area contributed by atoms with Gasteiger partial charge in [-0.25, -0.2) is 4.39 Å². The summed E-state index contributed by atoms with van der Waals surface area (Å²) in [7, 11) is 0. The summed E-state index contributed by atoms with van der Waals surface area (Å²) < 4.78 is 20.8. The normalized spacial score (nSPS) is 6.00. The van der Waals surface area contributed by atoms with Gasteiger partial charge in [-0.15, -0.1) is 13.2 Å². The van der Waals surface area contributed by atoms with Crippen LogP contribution in [-0.2, 0) is 4.79 Å². The first kappa shape index (κ1) is 9.55. The van der Waals surface area contributed by atoms with Crippen molar-refractivity contribution >= 4 is 6.04 Å². The lowest BCUT2D eigenvalue weighted by atomic mass is 10.8. The monoisotopic (exact) mass is 108 g/mol. The summed E-state index contributed by atoms with van der Waals surface area (Å²) in [6.07, 6.45) is 0. The third-order valence-electron chi connectivity index (χ3n) is 0.105. The van der Waals surface area contributed by atoms with Crippen molar-refractivity contribution in [2.24, 2.45) is 0 Å². The predicted molar refractivity (Wildman–Crippen MR) is 23.3 cm³/mol. The van der Waals surface area contributed by atoms with Crippen LogP contribution in [0.4, 0.5) is 8.78 Å². The van der Waals surface area contributed by atoms with Crippen LogP contribution in [0.15, 0.2) is 13.2 Å². The van der Waals surface area contributed by atoms with Gasteiger partial charge in [0.15, 0.2) is 6.67 Å². The standard InChI is InChI=1S/C2H2F2O.C2H4/c3-1-2(4)5;1-2/h1H2;1-2H2. The van der Waals surface area contributed by atoms with Crippen molar-refractivity contribution in [2.45, 2.75) is 0 Å². The molecule has 3 heteroatoms. The van der Waals surface area contributed by atoms with Crippen LogP contribution < -0.4 is 0 Å². The Morgan fingerprint density at radius 3 is 1.71 bits per heavy atom. The van der Waals surface area contributed by atoms with E-state index in [1.165, 1.54) is 0 Å². The molecule has 0 rings (SSSR count). The van der Waals surface area contributed by atoms with E-state index in [1.54, 1.807) is 0 Å². The molecule has 42 valence electrons. The molecule has 0 heterocycles. The highest BCUT2D eigenvalue weighted by molar-refractivity contribution is 5.68. The lowest BCUT2D eigenvalue weighted by Gasteiger charge is -1.63. The maximum absolute atomic E-state index is 10.4. The van der Waals surface area contributed by atoms with Crippen LogP contribution in [0.2, 0.25) is 0 Å². The Balaban J connectivity index is 0. The summed E-state index contributed by atoms with van der Waals surface area (Å²) in [5.41, 5.74) is 0. The van der Waals surface area contributed by atoms with Crippen molar-refractivity contribution in [3.63, 3.8) is 0 Å².